The van der Waals surface area contributed by atoms with Gasteiger partial charge in [0, 0.05) is 18.1 Å². The van der Waals surface area contributed by atoms with E-state index in [-0.39, 0.29) is 5.97 Å². The first-order valence-corrected chi connectivity index (χ1v) is 7.34. The van der Waals surface area contributed by atoms with Crippen molar-refractivity contribution in [1.29, 1.82) is 0 Å². The highest BCUT2D eigenvalue weighted by Gasteiger charge is 2.34. The van der Waals surface area contributed by atoms with Gasteiger partial charge in [0.25, 0.3) is 0 Å². The normalized spacial score (nSPS) is 13.9. The smallest absolute Gasteiger partial charge is 0.326 e. The van der Waals surface area contributed by atoms with Crippen molar-refractivity contribution in [2.24, 2.45) is 0 Å². The minimum Gasteiger partial charge on any atom is -0.465 e. The van der Waals surface area contributed by atoms with Gasteiger partial charge in [-0.1, -0.05) is 18.7 Å². The average Bonchev–Trinajstić information content (AvgIpc) is 2.39. The molecule has 1 aromatic heterocycles. The Morgan fingerprint density at radius 2 is 2.05 bits per heavy atom. The second kappa shape index (κ2) is 7.45. The number of nitrogens with one attached hydrogen (secondary N) is 1. The molecular formula is C13H21N3O2S. The van der Waals surface area contributed by atoms with Crippen LogP contribution < -0.4 is 5.32 Å². The number of hydrogen-bond acceptors (Lipinski definition) is 6. The van der Waals surface area contributed by atoms with E-state index in [2.05, 4.69) is 15.3 Å². The molecule has 0 saturated carbocycles. The summed E-state index contributed by atoms with van der Waals surface area (Å²) in [5, 5.41) is 3.84. The van der Waals surface area contributed by atoms with Crippen molar-refractivity contribution in [2.75, 3.05) is 18.9 Å². The first-order valence-electron chi connectivity index (χ1n) is 6.35. The van der Waals surface area contributed by atoms with E-state index in [1.165, 1.54) is 11.8 Å². The van der Waals surface area contributed by atoms with Crippen molar-refractivity contribution in [2.45, 2.75) is 38.4 Å². The van der Waals surface area contributed by atoms with Gasteiger partial charge in [-0.2, -0.15) is 0 Å². The number of esters is 1. The zero-order chi connectivity index (χ0) is 14.3. The lowest BCUT2D eigenvalue weighted by Gasteiger charge is -2.27. The minimum atomic E-state index is -0.719. The maximum absolute atomic E-state index is 12.0. The fourth-order valence-corrected chi connectivity index (χ4v) is 2.42. The lowest BCUT2D eigenvalue weighted by molar-refractivity contribution is -0.149. The van der Waals surface area contributed by atoms with Crippen molar-refractivity contribution in [1.82, 2.24) is 15.3 Å². The molecular weight excluding hydrogens is 262 g/mol. The molecule has 0 aliphatic carbocycles. The first kappa shape index (κ1) is 15.9. The summed E-state index contributed by atoms with van der Waals surface area (Å²) in [6.45, 7) is 8.63. The van der Waals surface area contributed by atoms with Crippen LogP contribution in [0.25, 0.3) is 0 Å². The number of nitrogens with zero attached hydrogens (tertiary/aromatic N) is 2. The van der Waals surface area contributed by atoms with Gasteiger partial charge in [0.05, 0.1) is 6.61 Å². The Morgan fingerprint density at radius 3 is 2.58 bits per heavy atom. The fourth-order valence-electron chi connectivity index (χ4n) is 1.53. The maximum Gasteiger partial charge on any atom is 0.326 e. The molecule has 1 atom stereocenters. The van der Waals surface area contributed by atoms with Crippen LogP contribution in [0.5, 0.6) is 0 Å². The summed E-state index contributed by atoms with van der Waals surface area (Å²) < 4.78 is 5.11. The van der Waals surface area contributed by atoms with Gasteiger partial charge >= 0.3 is 5.97 Å². The van der Waals surface area contributed by atoms with Crippen LogP contribution in [0, 0.1) is 6.92 Å². The van der Waals surface area contributed by atoms with Crippen LogP contribution in [0.15, 0.2) is 17.6 Å². The second-order valence-corrected chi connectivity index (χ2v) is 5.36. The third-order valence-corrected chi connectivity index (χ3v) is 3.73. The zero-order valence-corrected chi connectivity index (χ0v) is 12.7. The van der Waals surface area contributed by atoms with Crippen molar-refractivity contribution < 1.29 is 9.53 Å². The zero-order valence-electron chi connectivity index (χ0n) is 11.9. The molecule has 0 fully saturated rings. The highest BCUT2D eigenvalue weighted by molar-refractivity contribution is 7.99. The van der Waals surface area contributed by atoms with Crippen molar-refractivity contribution in [3.63, 3.8) is 0 Å². The third-order valence-electron chi connectivity index (χ3n) is 2.54. The molecule has 0 amide bonds. The highest BCUT2D eigenvalue weighted by Crippen LogP contribution is 2.20. The van der Waals surface area contributed by atoms with E-state index in [4.69, 9.17) is 4.74 Å². The Labute approximate surface area is 118 Å². The van der Waals surface area contributed by atoms with E-state index in [1.807, 2.05) is 20.8 Å². The topological polar surface area (TPSA) is 64.1 Å². The van der Waals surface area contributed by atoms with Gasteiger partial charge in [0.1, 0.15) is 5.54 Å². The van der Waals surface area contributed by atoms with Gasteiger partial charge in [-0.05, 0) is 32.9 Å². The SMILES string of the molecule is CCNC(C)(CSc1ncc(C)cn1)C(=O)OCC. The molecule has 1 heterocycles. The molecule has 19 heavy (non-hydrogen) atoms. The van der Waals surface area contributed by atoms with Crippen LogP contribution in [-0.4, -0.2) is 40.4 Å². The maximum atomic E-state index is 12.0. The third kappa shape index (κ3) is 4.80. The van der Waals surface area contributed by atoms with Gasteiger partial charge in [-0.15, -0.1) is 0 Å². The Morgan fingerprint density at radius 1 is 1.42 bits per heavy atom. The lowest BCUT2D eigenvalue weighted by atomic mass is 10.1. The summed E-state index contributed by atoms with van der Waals surface area (Å²) in [5.41, 5.74) is 0.299. The molecule has 0 aliphatic rings. The van der Waals surface area contributed by atoms with E-state index in [0.29, 0.717) is 24.1 Å². The summed E-state index contributed by atoms with van der Waals surface area (Å²) >= 11 is 1.44. The second-order valence-electron chi connectivity index (χ2n) is 4.41. The molecule has 0 aromatic carbocycles. The number of ether oxygens (including phenoxy) is 1. The lowest BCUT2D eigenvalue weighted by Crippen LogP contribution is -2.52. The minimum absolute atomic E-state index is 0.239. The van der Waals surface area contributed by atoms with E-state index < -0.39 is 5.54 Å². The first-order chi connectivity index (χ1) is 9.01. The van der Waals surface area contributed by atoms with E-state index >= 15 is 0 Å². The van der Waals surface area contributed by atoms with Gasteiger partial charge in [0.15, 0.2) is 5.16 Å². The predicted octanol–water partition coefficient (Wildman–Crippen LogP) is 1.81. The number of rotatable bonds is 7. The van der Waals surface area contributed by atoms with Gasteiger partial charge < -0.3 is 10.1 Å². The van der Waals surface area contributed by atoms with Crippen LogP contribution in [0.4, 0.5) is 0 Å². The Bertz CT molecular complexity index is 411. The number of likely N-dealkylation sites (N-methyl/N-ethyl adjacent to an activating group) is 1. The summed E-state index contributed by atoms with van der Waals surface area (Å²) in [6, 6.07) is 0. The molecule has 5 nitrogen and oxygen atoms in total. The number of aromatic nitrogens is 2. The largest absolute Gasteiger partial charge is 0.465 e. The van der Waals surface area contributed by atoms with Crippen molar-refractivity contribution in [3.8, 4) is 0 Å². The standard InChI is InChI=1S/C13H21N3O2S/c1-5-16-13(4,11(17)18-6-2)9-19-12-14-7-10(3)8-15-12/h7-8,16H,5-6,9H2,1-4H3. The molecule has 1 N–H and O–H groups in total. The van der Waals surface area contributed by atoms with Crippen molar-refractivity contribution in [3.05, 3.63) is 18.0 Å². The van der Waals surface area contributed by atoms with Crippen molar-refractivity contribution >= 4 is 17.7 Å². The van der Waals surface area contributed by atoms with E-state index in [0.717, 1.165) is 5.56 Å². The predicted molar refractivity (Wildman–Crippen MR) is 76.2 cm³/mol. The summed E-state index contributed by atoms with van der Waals surface area (Å²) in [6.07, 6.45) is 3.54. The molecule has 1 aromatic rings. The van der Waals surface area contributed by atoms with E-state index in [1.54, 1.807) is 19.3 Å². The molecule has 0 radical (unpaired) electrons. The number of thioether (sulfide) groups is 1. The summed E-state index contributed by atoms with van der Waals surface area (Å²) in [5.74, 6) is 0.291. The molecule has 1 rings (SSSR count). The molecule has 6 heteroatoms. The Balaban J connectivity index is 2.67. The van der Waals surface area contributed by atoms with Crippen LogP contribution in [0.1, 0.15) is 26.3 Å². The number of carbonyl (C=O) groups is 1. The van der Waals surface area contributed by atoms with Gasteiger partial charge in [0.2, 0.25) is 0 Å². The molecule has 0 saturated heterocycles. The van der Waals surface area contributed by atoms with Crippen LogP contribution in [-0.2, 0) is 9.53 Å². The van der Waals surface area contributed by atoms with Crippen LogP contribution in [0.2, 0.25) is 0 Å². The van der Waals surface area contributed by atoms with Gasteiger partial charge in [-0.25, -0.2) is 9.97 Å². The molecule has 0 aliphatic heterocycles. The van der Waals surface area contributed by atoms with Crippen LogP contribution in [0.3, 0.4) is 0 Å². The number of hydrogen-bond donors (Lipinski definition) is 1. The average molecular weight is 283 g/mol. The van der Waals surface area contributed by atoms with Gasteiger partial charge in [-0.3, -0.25) is 4.79 Å². The van der Waals surface area contributed by atoms with E-state index in [9.17, 15) is 4.79 Å². The summed E-state index contributed by atoms with van der Waals surface area (Å²) in [7, 11) is 0. The quantitative estimate of drug-likeness (QED) is 0.468. The number of aryl methyl sites for hydroxylation is 1. The molecule has 1 unspecified atom stereocenters. The fraction of sp³-hybridized carbons (Fsp3) is 0.615. The monoisotopic (exact) mass is 283 g/mol. The van der Waals surface area contributed by atoms with Crippen LogP contribution >= 0.6 is 11.8 Å². The Hall–Kier alpha value is -1.14. The Kier molecular flexibility index (Phi) is 6.24. The highest BCUT2D eigenvalue weighted by atomic mass is 32.2. The molecule has 106 valence electrons. The number of carbonyl (C=O) groups excluding carboxylic acids is 1. The molecule has 0 bridgehead atoms. The summed E-state index contributed by atoms with van der Waals surface area (Å²) in [4.78, 5) is 20.4. The molecule has 0 spiro atoms.